The van der Waals surface area contributed by atoms with Crippen LogP contribution in [0.4, 0.5) is 4.39 Å². The second-order valence-corrected chi connectivity index (χ2v) is 7.39. The number of aliphatic hydroxyl groups excluding tert-OH is 1. The standard InChI is InChI=1S/C16H15FO3S/c17-13-7-5-11(6-8-13)16-10-14(18)9-12-3-1-2-4-15(12)21(16,19)20/h1-8,14,16,18H,9-10H2/t14-,16?/m1/s1. The Labute approximate surface area is 123 Å². The smallest absolute Gasteiger partial charge is 0.185 e. The van der Waals surface area contributed by atoms with Gasteiger partial charge in [0.05, 0.1) is 16.2 Å². The molecule has 0 aliphatic carbocycles. The molecular formula is C16H15FO3S. The van der Waals surface area contributed by atoms with Crippen LogP contribution in [0.5, 0.6) is 0 Å². The molecule has 0 amide bonds. The minimum atomic E-state index is -3.60. The zero-order chi connectivity index (χ0) is 15.0. The van der Waals surface area contributed by atoms with Gasteiger partial charge in [-0.25, -0.2) is 12.8 Å². The van der Waals surface area contributed by atoms with Crippen molar-refractivity contribution in [2.75, 3.05) is 0 Å². The van der Waals surface area contributed by atoms with Crippen LogP contribution in [0.15, 0.2) is 53.4 Å². The number of halogens is 1. The first-order valence-corrected chi connectivity index (χ1v) is 8.28. The molecule has 0 saturated carbocycles. The first kappa shape index (κ1) is 14.2. The van der Waals surface area contributed by atoms with Gasteiger partial charge in [-0.3, -0.25) is 0 Å². The molecule has 21 heavy (non-hydrogen) atoms. The van der Waals surface area contributed by atoms with Crippen molar-refractivity contribution in [3.63, 3.8) is 0 Å². The highest BCUT2D eigenvalue weighted by Crippen LogP contribution is 2.38. The van der Waals surface area contributed by atoms with Crippen LogP contribution < -0.4 is 0 Å². The Morgan fingerprint density at radius 2 is 1.71 bits per heavy atom. The Kier molecular flexibility index (Phi) is 3.55. The Bertz CT molecular complexity index is 753. The monoisotopic (exact) mass is 306 g/mol. The van der Waals surface area contributed by atoms with E-state index in [1.807, 2.05) is 0 Å². The topological polar surface area (TPSA) is 54.4 Å². The summed E-state index contributed by atoms with van der Waals surface area (Å²) < 4.78 is 38.7. The van der Waals surface area contributed by atoms with Crippen molar-refractivity contribution in [3.05, 3.63) is 65.5 Å². The SMILES string of the molecule is O=S1(=O)c2ccccc2C[C@@H](O)CC1c1ccc(F)cc1. The molecule has 2 aromatic rings. The average Bonchev–Trinajstić information content (AvgIpc) is 2.55. The van der Waals surface area contributed by atoms with Gasteiger partial charge in [0.2, 0.25) is 0 Å². The van der Waals surface area contributed by atoms with Crippen molar-refractivity contribution in [2.45, 2.75) is 29.1 Å². The highest BCUT2D eigenvalue weighted by molar-refractivity contribution is 7.91. The highest BCUT2D eigenvalue weighted by atomic mass is 32.2. The lowest BCUT2D eigenvalue weighted by Gasteiger charge is -2.17. The summed E-state index contributed by atoms with van der Waals surface area (Å²) in [6.45, 7) is 0. The summed E-state index contributed by atoms with van der Waals surface area (Å²) >= 11 is 0. The molecule has 0 bridgehead atoms. The molecule has 0 fully saturated rings. The van der Waals surface area contributed by atoms with Crippen molar-refractivity contribution < 1.29 is 17.9 Å². The van der Waals surface area contributed by atoms with Gasteiger partial charge in [-0.05, 0) is 42.2 Å². The predicted molar refractivity (Wildman–Crippen MR) is 77.1 cm³/mol. The van der Waals surface area contributed by atoms with Gasteiger partial charge in [0, 0.05) is 0 Å². The van der Waals surface area contributed by atoms with E-state index in [1.165, 1.54) is 24.3 Å². The Balaban J connectivity index is 2.15. The highest BCUT2D eigenvalue weighted by Gasteiger charge is 2.35. The lowest BCUT2D eigenvalue weighted by Crippen LogP contribution is -2.17. The minimum Gasteiger partial charge on any atom is -0.393 e. The van der Waals surface area contributed by atoms with Crippen molar-refractivity contribution in [1.29, 1.82) is 0 Å². The minimum absolute atomic E-state index is 0.114. The maximum Gasteiger partial charge on any atom is 0.185 e. The molecule has 1 aliphatic heterocycles. The van der Waals surface area contributed by atoms with E-state index in [-0.39, 0.29) is 11.3 Å². The van der Waals surface area contributed by atoms with Gasteiger partial charge in [0.15, 0.2) is 9.84 Å². The number of hydrogen-bond donors (Lipinski definition) is 1. The van der Waals surface area contributed by atoms with Crippen LogP contribution in [0.2, 0.25) is 0 Å². The summed E-state index contributed by atoms with van der Waals surface area (Å²) in [5.74, 6) is -0.411. The number of hydrogen-bond acceptors (Lipinski definition) is 3. The molecule has 2 aromatic carbocycles. The van der Waals surface area contributed by atoms with Gasteiger partial charge in [0.1, 0.15) is 5.82 Å². The molecule has 1 N–H and O–H groups in total. The van der Waals surface area contributed by atoms with Crippen LogP contribution in [0, 0.1) is 5.82 Å². The second-order valence-electron chi connectivity index (χ2n) is 5.29. The van der Waals surface area contributed by atoms with Crippen molar-refractivity contribution in [3.8, 4) is 0 Å². The van der Waals surface area contributed by atoms with Gasteiger partial charge in [0.25, 0.3) is 0 Å². The van der Waals surface area contributed by atoms with Gasteiger partial charge in [-0.1, -0.05) is 30.3 Å². The molecule has 0 saturated heterocycles. The molecule has 1 aliphatic rings. The molecular weight excluding hydrogens is 291 g/mol. The van der Waals surface area contributed by atoms with Crippen LogP contribution in [-0.2, 0) is 16.3 Å². The van der Waals surface area contributed by atoms with Gasteiger partial charge < -0.3 is 5.11 Å². The van der Waals surface area contributed by atoms with Gasteiger partial charge in [-0.2, -0.15) is 0 Å². The zero-order valence-electron chi connectivity index (χ0n) is 11.2. The first-order chi connectivity index (χ1) is 9.98. The summed E-state index contributed by atoms with van der Waals surface area (Å²) in [6, 6.07) is 12.2. The first-order valence-electron chi connectivity index (χ1n) is 6.74. The second kappa shape index (κ2) is 5.24. The fourth-order valence-corrected chi connectivity index (χ4v) is 4.89. The van der Waals surface area contributed by atoms with Crippen LogP contribution in [-0.4, -0.2) is 19.6 Å². The summed E-state index contributed by atoms with van der Waals surface area (Å²) in [7, 11) is -3.60. The Morgan fingerprint density at radius 1 is 1.05 bits per heavy atom. The lowest BCUT2D eigenvalue weighted by molar-refractivity contribution is 0.164. The third-order valence-corrected chi connectivity index (χ3v) is 6.06. The molecule has 1 unspecified atom stereocenters. The van der Waals surface area contributed by atoms with Crippen molar-refractivity contribution in [2.24, 2.45) is 0 Å². The van der Waals surface area contributed by atoms with E-state index in [0.717, 1.165) is 0 Å². The normalized spacial score (nSPS) is 24.1. The van der Waals surface area contributed by atoms with Crippen LogP contribution in [0.25, 0.3) is 0 Å². The van der Waals surface area contributed by atoms with Crippen LogP contribution in [0.1, 0.15) is 22.8 Å². The van der Waals surface area contributed by atoms with E-state index in [4.69, 9.17) is 0 Å². The Morgan fingerprint density at radius 3 is 2.43 bits per heavy atom. The van der Waals surface area contributed by atoms with E-state index in [2.05, 4.69) is 0 Å². The van der Waals surface area contributed by atoms with E-state index >= 15 is 0 Å². The molecule has 3 nitrogen and oxygen atoms in total. The quantitative estimate of drug-likeness (QED) is 0.881. The fraction of sp³-hybridized carbons (Fsp3) is 0.250. The molecule has 110 valence electrons. The predicted octanol–water partition coefficient (Wildman–Crippen LogP) is 2.65. The van der Waals surface area contributed by atoms with E-state index in [0.29, 0.717) is 17.5 Å². The Hall–Kier alpha value is -1.72. The molecule has 3 rings (SSSR count). The molecule has 1 heterocycles. The van der Waals surface area contributed by atoms with Gasteiger partial charge in [-0.15, -0.1) is 0 Å². The average molecular weight is 306 g/mol. The summed E-state index contributed by atoms with van der Waals surface area (Å²) in [6.07, 6.45) is -0.311. The summed E-state index contributed by atoms with van der Waals surface area (Å²) in [5, 5.41) is 9.27. The van der Waals surface area contributed by atoms with E-state index in [9.17, 15) is 17.9 Å². The number of fused-ring (bicyclic) bond motifs is 1. The van der Waals surface area contributed by atoms with Gasteiger partial charge >= 0.3 is 0 Å². The zero-order valence-corrected chi connectivity index (χ0v) is 12.1. The van der Waals surface area contributed by atoms with E-state index in [1.54, 1.807) is 24.3 Å². The van der Waals surface area contributed by atoms with Crippen molar-refractivity contribution >= 4 is 9.84 Å². The molecule has 0 aromatic heterocycles. The summed E-state index contributed by atoms with van der Waals surface area (Å²) in [5.41, 5.74) is 1.14. The molecule has 2 atom stereocenters. The van der Waals surface area contributed by atoms with Crippen LogP contribution >= 0.6 is 0 Å². The summed E-state index contributed by atoms with van der Waals surface area (Å²) in [4.78, 5) is 0.260. The number of aliphatic hydroxyl groups is 1. The van der Waals surface area contributed by atoms with Crippen molar-refractivity contribution in [1.82, 2.24) is 0 Å². The number of benzene rings is 2. The van der Waals surface area contributed by atoms with Crippen LogP contribution in [0.3, 0.4) is 0 Å². The number of rotatable bonds is 1. The molecule has 0 radical (unpaired) electrons. The molecule has 0 spiro atoms. The third-order valence-electron chi connectivity index (χ3n) is 3.84. The number of sulfone groups is 1. The maximum atomic E-state index is 13.0. The maximum absolute atomic E-state index is 13.0. The fourth-order valence-electron chi connectivity index (χ4n) is 2.81. The van der Waals surface area contributed by atoms with E-state index < -0.39 is 27.0 Å². The third kappa shape index (κ3) is 2.59. The molecule has 5 heteroatoms. The lowest BCUT2D eigenvalue weighted by atomic mass is 10.0. The largest absolute Gasteiger partial charge is 0.393 e.